The van der Waals surface area contributed by atoms with Gasteiger partial charge < -0.3 is 9.47 Å². The average molecular weight is 311 g/mol. The molecule has 0 saturated carbocycles. The predicted molar refractivity (Wildman–Crippen MR) is 58.5 cm³/mol. The third kappa shape index (κ3) is 2.81. The molecular formula is C11H10BrF3O2. The van der Waals surface area contributed by atoms with Crippen LogP contribution in [0.4, 0.5) is 13.2 Å². The minimum atomic E-state index is -0.940. The van der Waals surface area contributed by atoms with Crippen molar-refractivity contribution >= 4 is 15.9 Å². The third-order valence-electron chi connectivity index (χ3n) is 2.49. The summed E-state index contributed by atoms with van der Waals surface area (Å²) in [7, 11) is 0. The van der Waals surface area contributed by atoms with Gasteiger partial charge in [-0.05, 0) is 0 Å². The molecule has 94 valence electrons. The molecular weight excluding hydrogens is 301 g/mol. The average Bonchev–Trinajstić information content (AvgIpc) is 2.28. The summed E-state index contributed by atoms with van der Waals surface area (Å²) < 4.78 is 50.3. The fraction of sp³-hybridized carbons (Fsp3) is 0.455. The van der Waals surface area contributed by atoms with Gasteiger partial charge in [-0.2, -0.15) is 0 Å². The minimum absolute atomic E-state index is 0.234. The Hall–Kier alpha value is -0.590. The van der Waals surface area contributed by atoms with Gasteiger partial charge in [-0.3, -0.25) is 0 Å². The molecule has 0 aromatic heterocycles. The molecule has 1 aromatic carbocycles. The van der Waals surface area contributed by atoms with Crippen LogP contribution in [-0.4, -0.2) is 25.9 Å². The highest BCUT2D eigenvalue weighted by atomic mass is 79.9. The van der Waals surface area contributed by atoms with Crippen molar-refractivity contribution in [3.05, 3.63) is 35.1 Å². The van der Waals surface area contributed by atoms with Gasteiger partial charge >= 0.3 is 0 Å². The highest BCUT2D eigenvalue weighted by Crippen LogP contribution is 2.33. The molecule has 2 nitrogen and oxygen atoms in total. The first-order valence-corrected chi connectivity index (χ1v) is 5.99. The van der Waals surface area contributed by atoms with E-state index in [4.69, 9.17) is 9.47 Å². The molecule has 1 aliphatic rings. The van der Waals surface area contributed by atoms with E-state index in [-0.39, 0.29) is 12.2 Å². The topological polar surface area (TPSA) is 18.5 Å². The van der Waals surface area contributed by atoms with Crippen LogP contribution in [0.5, 0.6) is 0 Å². The largest absolute Gasteiger partial charge is 0.376 e. The van der Waals surface area contributed by atoms with Crippen LogP contribution in [0.15, 0.2) is 12.1 Å². The van der Waals surface area contributed by atoms with Gasteiger partial charge in [-0.15, -0.1) is 0 Å². The molecule has 17 heavy (non-hydrogen) atoms. The fourth-order valence-electron chi connectivity index (χ4n) is 1.68. The van der Waals surface area contributed by atoms with Crippen LogP contribution in [0.3, 0.4) is 0 Å². The molecule has 2 rings (SSSR count). The molecule has 1 saturated heterocycles. The maximum absolute atomic E-state index is 13.5. The molecule has 0 N–H and O–H groups in total. The first kappa shape index (κ1) is 12.9. The molecule has 6 heteroatoms. The van der Waals surface area contributed by atoms with Crippen molar-refractivity contribution in [2.45, 2.75) is 10.9 Å². The second-order valence-electron chi connectivity index (χ2n) is 3.67. The van der Waals surface area contributed by atoms with Crippen LogP contribution in [0.1, 0.15) is 10.4 Å². The summed E-state index contributed by atoms with van der Waals surface area (Å²) in [5.41, 5.74) is -0.234. The Kier molecular flexibility index (Phi) is 4.06. The van der Waals surface area contributed by atoms with Crippen LogP contribution in [0.2, 0.25) is 0 Å². The standard InChI is InChI=1S/C11H10BrF3O2/c12-11(9-5-16-1-2-17-9)10-7(14)3-6(13)4-8(10)15/h3-4,9,11H,1-2,5H2. The monoisotopic (exact) mass is 310 g/mol. The Labute approximate surface area is 105 Å². The Balaban J connectivity index is 2.26. The number of ether oxygens (including phenoxy) is 2. The molecule has 0 radical (unpaired) electrons. The number of hydrogen-bond donors (Lipinski definition) is 0. The zero-order valence-corrected chi connectivity index (χ0v) is 10.3. The maximum atomic E-state index is 13.5. The number of benzene rings is 1. The predicted octanol–water partition coefficient (Wildman–Crippen LogP) is 2.96. The van der Waals surface area contributed by atoms with E-state index in [0.717, 1.165) is 0 Å². The highest BCUT2D eigenvalue weighted by Gasteiger charge is 2.29. The first-order chi connectivity index (χ1) is 8.09. The zero-order valence-electron chi connectivity index (χ0n) is 8.76. The Morgan fingerprint density at radius 2 is 1.82 bits per heavy atom. The summed E-state index contributed by atoms with van der Waals surface area (Å²) in [6, 6.07) is 1.30. The second-order valence-corrected chi connectivity index (χ2v) is 4.66. The lowest BCUT2D eigenvalue weighted by molar-refractivity contribution is -0.0881. The van der Waals surface area contributed by atoms with Crippen molar-refractivity contribution < 1.29 is 22.6 Å². The SMILES string of the molecule is Fc1cc(F)c(C(Br)C2COCCO2)c(F)c1. The summed E-state index contributed by atoms with van der Waals surface area (Å²) in [5.74, 6) is -2.80. The molecule has 1 fully saturated rings. The van der Waals surface area contributed by atoms with Crippen molar-refractivity contribution in [3.8, 4) is 0 Å². The van der Waals surface area contributed by atoms with Crippen molar-refractivity contribution in [2.24, 2.45) is 0 Å². The van der Waals surface area contributed by atoms with Gasteiger partial charge in [-0.1, -0.05) is 15.9 Å². The van der Waals surface area contributed by atoms with Gasteiger partial charge in [0.1, 0.15) is 17.5 Å². The molecule has 0 amide bonds. The van der Waals surface area contributed by atoms with Crippen molar-refractivity contribution in [1.82, 2.24) is 0 Å². The zero-order chi connectivity index (χ0) is 12.4. The minimum Gasteiger partial charge on any atom is -0.376 e. The summed E-state index contributed by atoms with van der Waals surface area (Å²) in [6.07, 6.45) is -0.488. The number of halogens is 4. The summed E-state index contributed by atoms with van der Waals surface area (Å²) in [4.78, 5) is -0.705. The van der Waals surface area contributed by atoms with Crippen LogP contribution in [-0.2, 0) is 9.47 Å². The molecule has 2 atom stereocenters. The lowest BCUT2D eigenvalue weighted by Gasteiger charge is -2.27. The van der Waals surface area contributed by atoms with Gasteiger partial charge in [0.05, 0.1) is 30.8 Å². The molecule has 1 aliphatic heterocycles. The van der Waals surface area contributed by atoms with Crippen molar-refractivity contribution in [2.75, 3.05) is 19.8 Å². The normalized spacial score (nSPS) is 22.5. The van der Waals surface area contributed by atoms with Gasteiger partial charge in [-0.25, -0.2) is 13.2 Å². The van der Waals surface area contributed by atoms with E-state index < -0.39 is 28.4 Å². The van der Waals surface area contributed by atoms with Crippen molar-refractivity contribution in [3.63, 3.8) is 0 Å². The lowest BCUT2D eigenvalue weighted by atomic mass is 10.1. The van der Waals surface area contributed by atoms with E-state index in [1.165, 1.54) is 0 Å². The van der Waals surface area contributed by atoms with E-state index >= 15 is 0 Å². The summed E-state index contributed by atoms with van der Waals surface area (Å²) in [5, 5.41) is 0. The Morgan fingerprint density at radius 3 is 2.35 bits per heavy atom. The van der Waals surface area contributed by atoms with Gasteiger partial charge in [0.25, 0.3) is 0 Å². The van der Waals surface area contributed by atoms with Crippen molar-refractivity contribution in [1.29, 1.82) is 0 Å². The van der Waals surface area contributed by atoms with E-state index in [0.29, 0.717) is 25.3 Å². The lowest BCUT2D eigenvalue weighted by Crippen LogP contribution is -2.32. The van der Waals surface area contributed by atoms with Crippen LogP contribution >= 0.6 is 15.9 Å². The van der Waals surface area contributed by atoms with Crippen LogP contribution in [0, 0.1) is 17.5 Å². The third-order valence-corrected chi connectivity index (χ3v) is 3.54. The van der Waals surface area contributed by atoms with E-state index in [9.17, 15) is 13.2 Å². The summed E-state index contributed by atoms with van der Waals surface area (Å²) >= 11 is 3.17. The number of alkyl halides is 1. The Bertz CT molecular complexity index is 385. The molecule has 0 aliphatic carbocycles. The maximum Gasteiger partial charge on any atom is 0.133 e. The molecule has 1 heterocycles. The molecule has 2 unspecified atom stereocenters. The first-order valence-electron chi connectivity index (χ1n) is 5.07. The van der Waals surface area contributed by atoms with Gasteiger partial charge in [0, 0.05) is 17.7 Å². The van der Waals surface area contributed by atoms with Gasteiger partial charge in [0.2, 0.25) is 0 Å². The second kappa shape index (κ2) is 5.37. The van der Waals surface area contributed by atoms with Crippen LogP contribution < -0.4 is 0 Å². The smallest absolute Gasteiger partial charge is 0.133 e. The van der Waals surface area contributed by atoms with E-state index in [1.54, 1.807) is 0 Å². The highest BCUT2D eigenvalue weighted by molar-refractivity contribution is 9.09. The fourth-order valence-corrected chi connectivity index (χ4v) is 2.42. The molecule has 0 bridgehead atoms. The Morgan fingerprint density at radius 1 is 1.18 bits per heavy atom. The summed E-state index contributed by atoms with van der Waals surface area (Å²) in [6.45, 7) is 1.08. The molecule has 1 aromatic rings. The number of hydrogen-bond acceptors (Lipinski definition) is 2. The molecule has 0 spiro atoms. The van der Waals surface area contributed by atoms with E-state index in [2.05, 4.69) is 15.9 Å². The van der Waals surface area contributed by atoms with Crippen LogP contribution in [0.25, 0.3) is 0 Å². The quantitative estimate of drug-likeness (QED) is 0.782. The number of rotatable bonds is 2. The van der Waals surface area contributed by atoms with E-state index in [1.807, 2.05) is 0 Å². The van der Waals surface area contributed by atoms with Gasteiger partial charge in [0.15, 0.2) is 0 Å².